The first-order chi connectivity index (χ1) is 10.3. The van der Waals surface area contributed by atoms with E-state index in [0.717, 1.165) is 18.6 Å². The Morgan fingerprint density at radius 1 is 1.41 bits per heavy atom. The Morgan fingerprint density at radius 3 is 2.64 bits per heavy atom. The molecule has 0 heterocycles. The number of aliphatic hydroxyl groups is 1. The molecule has 1 atom stereocenters. The zero-order valence-corrected chi connectivity index (χ0v) is 12.4. The van der Waals surface area contributed by atoms with Crippen LogP contribution in [0.15, 0.2) is 24.3 Å². The van der Waals surface area contributed by atoms with Gasteiger partial charge in [-0.05, 0) is 30.9 Å². The first kappa shape index (κ1) is 16.8. The molecule has 0 spiro atoms. The van der Waals surface area contributed by atoms with Crippen molar-refractivity contribution in [3.63, 3.8) is 0 Å². The lowest BCUT2D eigenvalue weighted by Gasteiger charge is -2.19. The Balaban J connectivity index is 2.09. The van der Waals surface area contributed by atoms with E-state index in [1.807, 2.05) is 6.92 Å². The molecule has 1 aromatic rings. The van der Waals surface area contributed by atoms with Crippen LogP contribution in [0.1, 0.15) is 43.7 Å². The fourth-order valence-corrected chi connectivity index (χ4v) is 2.58. The van der Waals surface area contributed by atoms with Gasteiger partial charge < -0.3 is 10.4 Å². The third-order valence-corrected chi connectivity index (χ3v) is 4.05. The minimum absolute atomic E-state index is 0.132. The summed E-state index contributed by atoms with van der Waals surface area (Å²) in [6.45, 7) is 2.06. The SMILES string of the molecule is CCCC(O)CNC(=O)C1(c2cccc(C(F)(F)F)c2)CC1. The molecular weight excluding hydrogens is 295 g/mol. The normalized spacial score (nSPS) is 17.9. The molecule has 1 aromatic carbocycles. The third kappa shape index (κ3) is 3.61. The molecule has 1 unspecified atom stereocenters. The van der Waals surface area contributed by atoms with E-state index in [9.17, 15) is 23.1 Å². The second-order valence-corrected chi connectivity index (χ2v) is 5.81. The van der Waals surface area contributed by atoms with E-state index in [0.29, 0.717) is 24.8 Å². The van der Waals surface area contributed by atoms with Crippen molar-refractivity contribution in [2.45, 2.75) is 50.3 Å². The van der Waals surface area contributed by atoms with Crippen molar-refractivity contribution >= 4 is 5.91 Å². The number of alkyl halides is 3. The van der Waals surface area contributed by atoms with Gasteiger partial charge in [0.05, 0.1) is 17.1 Å². The second-order valence-electron chi connectivity index (χ2n) is 5.81. The maximum absolute atomic E-state index is 12.8. The number of hydrogen-bond acceptors (Lipinski definition) is 2. The summed E-state index contributed by atoms with van der Waals surface area (Å²) in [5.74, 6) is -0.304. The number of hydrogen-bond donors (Lipinski definition) is 2. The standard InChI is InChI=1S/C16H20F3NO2/c1-2-4-13(21)10-20-14(22)15(7-8-15)11-5-3-6-12(9-11)16(17,18)19/h3,5-6,9,13,21H,2,4,7-8,10H2,1H3,(H,20,22). The fourth-order valence-electron chi connectivity index (χ4n) is 2.58. The number of carbonyl (C=O) groups is 1. The van der Waals surface area contributed by atoms with Crippen molar-refractivity contribution in [2.75, 3.05) is 6.54 Å². The highest BCUT2D eigenvalue weighted by molar-refractivity contribution is 5.91. The molecule has 1 aliphatic carbocycles. The van der Waals surface area contributed by atoms with Gasteiger partial charge in [0.25, 0.3) is 0 Å². The van der Waals surface area contributed by atoms with Gasteiger partial charge in [0, 0.05) is 6.54 Å². The molecule has 1 aliphatic rings. The van der Waals surface area contributed by atoms with Crippen LogP contribution in [0.5, 0.6) is 0 Å². The molecule has 22 heavy (non-hydrogen) atoms. The molecule has 6 heteroatoms. The molecule has 2 N–H and O–H groups in total. The summed E-state index contributed by atoms with van der Waals surface area (Å²) >= 11 is 0. The quantitative estimate of drug-likeness (QED) is 0.848. The van der Waals surface area contributed by atoms with E-state index in [1.54, 1.807) is 6.07 Å². The second kappa shape index (κ2) is 6.28. The van der Waals surface area contributed by atoms with Crippen LogP contribution in [0.3, 0.4) is 0 Å². The monoisotopic (exact) mass is 315 g/mol. The largest absolute Gasteiger partial charge is 0.416 e. The summed E-state index contributed by atoms with van der Waals surface area (Å²) < 4.78 is 38.3. The molecule has 0 aromatic heterocycles. The molecule has 3 nitrogen and oxygen atoms in total. The summed E-state index contributed by atoms with van der Waals surface area (Å²) in [5.41, 5.74) is -1.22. The van der Waals surface area contributed by atoms with Crippen molar-refractivity contribution in [1.82, 2.24) is 5.32 Å². The lowest BCUT2D eigenvalue weighted by atomic mass is 9.93. The highest BCUT2D eigenvalue weighted by Crippen LogP contribution is 2.49. The van der Waals surface area contributed by atoms with Gasteiger partial charge in [-0.1, -0.05) is 31.5 Å². The molecular formula is C16H20F3NO2. The van der Waals surface area contributed by atoms with Crippen LogP contribution in [0, 0.1) is 0 Å². The van der Waals surface area contributed by atoms with E-state index in [1.165, 1.54) is 6.07 Å². The molecule has 0 radical (unpaired) electrons. The fraction of sp³-hybridized carbons (Fsp3) is 0.562. The lowest BCUT2D eigenvalue weighted by molar-refractivity contribution is -0.137. The number of aliphatic hydroxyl groups excluding tert-OH is 1. The number of nitrogens with one attached hydrogen (secondary N) is 1. The van der Waals surface area contributed by atoms with Crippen LogP contribution in [0.25, 0.3) is 0 Å². The van der Waals surface area contributed by atoms with E-state index in [4.69, 9.17) is 0 Å². The van der Waals surface area contributed by atoms with Crippen LogP contribution in [-0.2, 0) is 16.4 Å². The van der Waals surface area contributed by atoms with Gasteiger partial charge in [-0.15, -0.1) is 0 Å². The maximum Gasteiger partial charge on any atom is 0.416 e. The van der Waals surface area contributed by atoms with Gasteiger partial charge in [0.2, 0.25) is 5.91 Å². The highest BCUT2D eigenvalue weighted by Gasteiger charge is 2.51. The van der Waals surface area contributed by atoms with Crippen molar-refractivity contribution in [3.05, 3.63) is 35.4 Å². The van der Waals surface area contributed by atoms with Crippen molar-refractivity contribution in [2.24, 2.45) is 0 Å². The van der Waals surface area contributed by atoms with Crippen molar-refractivity contribution in [1.29, 1.82) is 0 Å². The van der Waals surface area contributed by atoms with Gasteiger partial charge in [-0.25, -0.2) is 0 Å². The third-order valence-electron chi connectivity index (χ3n) is 4.05. The average molecular weight is 315 g/mol. The van der Waals surface area contributed by atoms with Crippen molar-refractivity contribution < 1.29 is 23.1 Å². The number of amides is 1. The molecule has 0 bridgehead atoms. The van der Waals surface area contributed by atoms with E-state index in [2.05, 4.69) is 5.32 Å². The van der Waals surface area contributed by atoms with Crippen molar-refractivity contribution in [3.8, 4) is 0 Å². The summed E-state index contributed by atoms with van der Waals surface area (Å²) in [6.07, 6.45) is -2.59. The Morgan fingerprint density at radius 2 is 2.09 bits per heavy atom. The summed E-state index contributed by atoms with van der Waals surface area (Å²) in [6, 6.07) is 4.94. The van der Waals surface area contributed by atoms with E-state index in [-0.39, 0.29) is 12.5 Å². The van der Waals surface area contributed by atoms with Gasteiger partial charge >= 0.3 is 6.18 Å². The highest BCUT2D eigenvalue weighted by atomic mass is 19.4. The summed E-state index contributed by atoms with van der Waals surface area (Å²) in [4.78, 5) is 12.3. The van der Waals surface area contributed by atoms with Crippen LogP contribution in [0.4, 0.5) is 13.2 Å². The van der Waals surface area contributed by atoms with Gasteiger partial charge in [0.1, 0.15) is 0 Å². The molecule has 0 saturated heterocycles. The lowest BCUT2D eigenvalue weighted by Crippen LogP contribution is -2.39. The number of rotatable bonds is 6. The predicted octanol–water partition coefficient (Wildman–Crippen LogP) is 3.01. The van der Waals surface area contributed by atoms with Crippen LogP contribution >= 0.6 is 0 Å². The number of halogens is 3. The van der Waals surface area contributed by atoms with E-state index >= 15 is 0 Å². The summed E-state index contributed by atoms with van der Waals surface area (Å²) in [7, 11) is 0. The molecule has 1 saturated carbocycles. The van der Waals surface area contributed by atoms with Gasteiger partial charge in [-0.2, -0.15) is 13.2 Å². The summed E-state index contributed by atoms with van der Waals surface area (Å²) in [5, 5.41) is 12.3. The minimum atomic E-state index is -4.42. The minimum Gasteiger partial charge on any atom is -0.391 e. The Labute approximate surface area is 127 Å². The zero-order chi connectivity index (χ0) is 16.4. The smallest absolute Gasteiger partial charge is 0.391 e. The van der Waals surface area contributed by atoms with Crippen LogP contribution in [-0.4, -0.2) is 23.7 Å². The molecule has 0 aliphatic heterocycles. The number of carbonyl (C=O) groups excluding carboxylic acids is 1. The van der Waals surface area contributed by atoms with E-state index < -0.39 is 23.3 Å². The molecule has 1 amide bonds. The first-order valence-corrected chi connectivity index (χ1v) is 7.43. The Hall–Kier alpha value is -1.56. The Kier molecular flexibility index (Phi) is 4.80. The Bertz CT molecular complexity index is 538. The zero-order valence-electron chi connectivity index (χ0n) is 12.4. The molecule has 2 rings (SSSR count). The first-order valence-electron chi connectivity index (χ1n) is 7.43. The molecule has 122 valence electrons. The maximum atomic E-state index is 12.8. The predicted molar refractivity (Wildman–Crippen MR) is 76.3 cm³/mol. The van der Waals surface area contributed by atoms with Crippen LogP contribution in [0.2, 0.25) is 0 Å². The average Bonchev–Trinajstić information content (AvgIpc) is 3.26. The molecule has 1 fully saturated rings. The van der Waals surface area contributed by atoms with Gasteiger partial charge in [0.15, 0.2) is 0 Å². The number of benzene rings is 1. The topological polar surface area (TPSA) is 49.3 Å². The van der Waals surface area contributed by atoms with Crippen LogP contribution < -0.4 is 5.32 Å². The van der Waals surface area contributed by atoms with Gasteiger partial charge in [-0.3, -0.25) is 4.79 Å².